The van der Waals surface area contributed by atoms with Crippen molar-refractivity contribution in [2.45, 2.75) is 30.5 Å². The van der Waals surface area contributed by atoms with Gasteiger partial charge >= 0.3 is 0 Å². The number of hydrogen-bond acceptors (Lipinski definition) is 4. The number of ether oxygens (including phenoxy) is 1. The van der Waals surface area contributed by atoms with Gasteiger partial charge in [-0.05, 0) is 45.5 Å². The van der Waals surface area contributed by atoms with Crippen LogP contribution in [0, 0.1) is 6.92 Å². The summed E-state index contributed by atoms with van der Waals surface area (Å²) in [5, 5.41) is 2.81. The Morgan fingerprint density at radius 2 is 1.88 bits per heavy atom. The Labute approximate surface area is 103 Å². The number of methoxy groups -OCH3 is 1. The van der Waals surface area contributed by atoms with Crippen molar-refractivity contribution < 1.29 is 13.2 Å². The summed E-state index contributed by atoms with van der Waals surface area (Å²) in [4.78, 5) is -0.812. The number of sulfone groups is 1. The summed E-state index contributed by atoms with van der Waals surface area (Å²) in [6.45, 7) is 5.11. The van der Waals surface area contributed by atoms with Crippen molar-refractivity contribution in [2.24, 2.45) is 0 Å². The van der Waals surface area contributed by atoms with E-state index in [4.69, 9.17) is 4.74 Å². The molecular formula is C12H19NO3S. The van der Waals surface area contributed by atoms with E-state index in [2.05, 4.69) is 5.32 Å². The fourth-order valence-electron chi connectivity index (χ4n) is 1.40. The normalized spacial score (nSPS) is 12.5. The minimum absolute atomic E-state index is 0.222. The molecule has 0 fully saturated rings. The average Bonchev–Trinajstić information content (AvgIpc) is 2.28. The highest BCUT2D eigenvalue weighted by molar-refractivity contribution is 7.92. The van der Waals surface area contributed by atoms with Crippen LogP contribution in [0.25, 0.3) is 0 Å². The van der Waals surface area contributed by atoms with E-state index in [1.165, 1.54) is 7.11 Å². The molecule has 0 aliphatic carbocycles. The van der Waals surface area contributed by atoms with Gasteiger partial charge in [-0.2, -0.15) is 0 Å². The third-order valence-corrected chi connectivity index (χ3v) is 5.33. The Hall–Kier alpha value is -1.07. The first kappa shape index (κ1) is 14.0. The maximum atomic E-state index is 12.5. The molecule has 0 aliphatic rings. The van der Waals surface area contributed by atoms with Gasteiger partial charge in [-0.15, -0.1) is 0 Å². The summed E-state index contributed by atoms with van der Waals surface area (Å²) in [5.41, 5.74) is 0.885. The number of rotatable bonds is 4. The SMILES string of the molecule is CNC(C)(C)S(=O)(=O)c1cc(C)ccc1OC. The van der Waals surface area contributed by atoms with Crippen LogP contribution < -0.4 is 10.1 Å². The van der Waals surface area contributed by atoms with Crippen LogP contribution in [-0.2, 0) is 9.84 Å². The standard InChI is InChI=1S/C12H19NO3S/c1-9-6-7-10(16-5)11(8-9)17(14,15)12(2,3)13-4/h6-8,13H,1-5H3. The second kappa shape index (κ2) is 4.66. The van der Waals surface area contributed by atoms with Crippen molar-refractivity contribution in [2.75, 3.05) is 14.2 Å². The van der Waals surface area contributed by atoms with Crippen molar-refractivity contribution in [3.63, 3.8) is 0 Å². The molecule has 0 atom stereocenters. The van der Waals surface area contributed by atoms with Gasteiger partial charge in [0.2, 0.25) is 0 Å². The zero-order chi connectivity index (χ0) is 13.3. The average molecular weight is 257 g/mol. The molecule has 0 aromatic heterocycles. The molecular weight excluding hydrogens is 238 g/mol. The number of nitrogens with one attached hydrogen (secondary N) is 1. The molecule has 0 radical (unpaired) electrons. The minimum Gasteiger partial charge on any atom is -0.495 e. The van der Waals surface area contributed by atoms with Crippen LogP contribution in [0.3, 0.4) is 0 Å². The van der Waals surface area contributed by atoms with E-state index in [1.807, 2.05) is 13.0 Å². The molecule has 4 nitrogen and oxygen atoms in total. The van der Waals surface area contributed by atoms with Gasteiger partial charge in [0.25, 0.3) is 0 Å². The topological polar surface area (TPSA) is 55.4 Å². The number of aryl methyl sites for hydroxylation is 1. The van der Waals surface area contributed by atoms with E-state index in [9.17, 15) is 8.42 Å². The molecule has 0 saturated carbocycles. The molecule has 1 rings (SSSR count). The van der Waals surface area contributed by atoms with E-state index < -0.39 is 14.7 Å². The first-order chi connectivity index (χ1) is 7.76. The lowest BCUT2D eigenvalue weighted by Crippen LogP contribution is -2.44. The highest BCUT2D eigenvalue weighted by Crippen LogP contribution is 2.31. The first-order valence-electron chi connectivity index (χ1n) is 5.34. The number of hydrogen-bond donors (Lipinski definition) is 1. The molecule has 0 aliphatic heterocycles. The zero-order valence-corrected chi connectivity index (χ0v) is 11.7. The Morgan fingerprint density at radius 3 is 2.35 bits per heavy atom. The second-order valence-electron chi connectivity index (χ2n) is 4.42. The Morgan fingerprint density at radius 1 is 1.29 bits per heavy atom. The summed E-state index contributed by atoms with van der Waals surface area (Å²) in [6, 6.07) is 5.13. The fraction of sp³-hybridized carbons (Fsp3) is 0.500. The van der Waals surface area contributed by atoms with E-state index in [1.54, 1.807) is 33.0 Å². The highest BCUT2D eigenvalue weighted by atomic mass is 32.2. The maximum Gasteiger partial charge on any atom is 0.200 e. The molecule has 5 heteroatoms. The Balaban J connectivity index is 3.48. The molecule has 0 amide bonds. The third kappa shape index (κ3) is 2.45. The second-order valence-corrected chi connectivity index (χ2v) is 6.89. The van der Waals surface area contributed by atoms with Gasteiger partial charge in [-0.25, -0.2) is 8.42 Å². The molecule has 17 heavy (non-hydrogen) atoms. The van der Waals surface area contributed by atoms with E-state index >= 15 is 0 Å². The summed E-state index contributed by atoms with van der Waals surface area (Å²) >= 11 is 0. The fourth-order valence-corrected chi connectivity index (χ4v) is 2.98. The summed E-state index contributed by atoms with van der Waals surface area (Å²) in [5.74, 6) is 0.374. The Bertz CT molecular complexity index is 506. The van der Waals surface area contributed by atoms with Crippen molar-refractivity contribution in [1.29, 1.82) is 0 Å². The van der Waals surface area contributed by atoms with Crippen molar-refractivity contribution in [3.05, 3.63) is 23.8 Å². The molecule has 1 aromatic rings. The van der Waals surface area contributed by atoms with Crippen LogP contribution in [0.2, 0.25) is 0 Å². The molecule has 0 saturated heterocycles. The highest BCUT2D eigenvalue weighted by Gasteiger charge is 2.36. The largest absolute Gasteiger partial charge is 0.495 e. The van der Waals surface area contributed by atoms with Gasteiger partial charge in [0.05, 0.1) is 7.11 Å². The van der Waals surface area contributed by atoms with Crippen LogP contribution in [0.15, 0.2) is 23.1 Å². The molecule has 0 bridgehead atoms. The monoisotopic (exact) mass is 257 g/mol. The van der Waals surface area contributed by atoms with Crippen LogP contribution in [0.1, 0.15) is 19.4 Å². The van der Waals surface area contributed by atoms with Crippen LogP contribution in [0.4, 0.5) is 0 Å². The quantitative estimate of drug-likeness (QED) is 0.892. The van der Waals surface area contributed by atoms with Crippen LogP contribution in [-0.4, -0.2) is 27.4 Å². The van der Waals surface area contributed by atoms with E-state index in [0.29, 0.717) is 5.75 Å². The molecule has 1 N–H and O–H groups in total. The van der Waals surface area contributed by atoms with E-state index in [-0.39, 0.29) is 4.90 Å². The molecule has 96 valence electrons. The lowest BCUT2D eigenvalue weighted by Gasteiger charge is -2.25. The molecule has 0 spiro atoms. The van der Waals surface area contributed by atoms with E-state index in [0.717, 1.165) is 5.56 Å². The van der Waals surface area contributed by atoms with Crippen LogP contribution in [0.5, 0.6) is 5.75 Å². The van der Waals surface area contributed by atoms with Gasteiger partial charge in [0.15, 0.2) is 9.84 Å². The third-order valence-electron chi connectivity index (χ3n) is 2.88. The summed E-state index contributed by atoms with van der Waals surface area (Å²) in [6.07, 6.45) is 0. The summed E-state index contributed by atoms with van der Waals surface area (Å²) in [7, 11) is -0.397. The number of benzene rings is 1. The molecule has 0 heterocycles. The van der Waals surface area contributed by atoms with Crippen molar-refractivity contribution >= 4 is 9.84 Å². The van der Waals surface area contributed by atoms with Gasteiger partial charge in [0.1, 0.15) is 15.5 Å². The zero-order valence-electron chi connectivity index (χ0n) is 10.9. The molecule has 0 unspecified atom stereocenters. The lowest BCUT2D eigenvalue weighted by molar-refractivity contribution is 0.400. The van der Waals surface area contributed by atoms with Gasteiger partial charge in [0, 0.05) is 0 Å². The predicted octanol–water partition coefficient (Wildman–Crippen LogP) is 1.73. The Kier molecular flexibility index (Phi) is 3.84. The lowest BCUT2D eigenvalue weighted by atomic mass is 10.2. The van der Waals surface area contributed by atoms with Crippen molar-refractivity contribution in [1.82, 2.24) is 5.32 Å². The smallest absolute Gasteiger partial charge is 0.200 e. The predicted molar refractivity (Wildman–Crippen MR) is 68.1 cm³/mol. The van der Waals surface area contributed by atoms with Gasteiger partial charge in [-0.1, -0.05) is 6.07 Å². The minimum atomic E-state index is -3.49. The van der Waals surface area contributed by atoms with Crippen molar-refractivity contribution in [3.8, 4) is 5.75 Å². The first-order valence-corrected chi connectivity index (χ1v) is 6.83. The van der Waals surface area contributed by atoms with Gasteiger partial charge < -0.3 is 10.1 Å². The molecule has 1 aromatic carbocycles. The van der Waals surface area contributed by atoms with Gasteiger partial charge in [-0.3, -0.25) is 0 Å². The maximum absolute atomic E-state index is 12.5. The van der Waals surface area contributed by atoms with Crippen LogP contribution >= 0.6 is 0 Å². The summed E-state index contributed by atoms with van der Waals surface area (Å²) < 4.78 is 30.1.